The van der Waals surface area contributed by atoms with Crippen molar-refractivity contribution in [1.82, 2.24) is 9.47 Å². The van der Waals surface area contributed by atoms with Gasteiger partial charge in [-0.3, -0.25) is 4.79 Å². The Morgan fingerprint density at radius 1 is 1.26 bits per heavy atom. The zero-order valence-electron chi connectivity index (χ0n) is 18.4. The molecule has 180 valence electrons. The fourth-order valence-electron chi connectivity index (χ4n) is 4.82. The van der Waals surface area contributed by atoms with Gasteiger partial charge in [0.15, 0.2) is 5.82 Å². The number of hydrogen-bond acceptors (Lipinski definition) is 7. The Balaban J connectivity index is 1.56. The average molecular weight is 475 g/mol. The number of fused-ring (bicyclic) bond motifs is 2. The molecule has 1 N–H and O–H groups in total. The van der Waals surface area contributed by atoms with Gasteiger partial charge in [0.25, 0.3) is 0 Å². The molecule has 0 spiro atoms. The number of aromatic nitrogens is 1. The molecule has 9 nitrogen and oxygen atoms in total. The highest BCUT2D eigenvalue weighted by Gasteiger charge is 2.41. The molecule has 3 fully saturated rings. The first-order chi connectivity index (χ1) is 16.3. The van der Waals surface area contributed by atoms with Crippen molar-refractivity contribution >= 4 is 28.5 Å². The van der Waals surface area contributed by atoms with Crippen molar-refractivity contribution in [3.63, 3.8) is 0 Å². The van der Waals surface area contributed by atoms with Crippen LogP contribution >= 0.6 is 0 Å². The van der Waals surface area contributed by atoms with Gasteiger partial charge in [-0.15, -0.1) is 0 Å². The number of anilines is 1. The van der Waals surface area contributed by atoms with Gasteiger partial charge in [-0.2, -0.15) is 0 Å². The van der Waals surface area contributed by atoms with E-state index in [0.29, 0.717) is 26.0 Å². The number of halogens is 2. The summed E-state index contributed by atoms with van der Waals surface area (Å²) in [5.74, 6) is -3.79. The van der Waals surface area contributed by atoms with Crippen LogP contribution in [0.4, 0.5) is 14.5 Å². The lowest BCUT2D eigenvalue weighted by molar-refractivity contribution is -0.135. The van der Waals surface area contributed by atoms with Gasteiger partial charge < -0.3 is 28.9 Å². The summed E-state index contributed by atoms with van der Waals surface area (Å²) in [6.45, 7) is 1.34. The van der Waals surface area contributed by atoms with E-state index < -0.39 is 34.6 Å². The van der Waals surface area contributed by atoms with Crippen LogP contribution < -0.4 is 10.3 Å². The molecule has 0 unspecified atom stereocenters. The number of pyridine rings is 1. The molecule has 0 bridgehead atoms. The molecule has 3 aliphatic rings. The normalized spacial score (nSPS) is 22.4. The Hall–Kier alpha value is -3.47. The number of hydrogen-bond donors (Lipinski definition) is 1. The fraction of sp³-hybridized carbons (Fsp3) is 0.435. The quantitative estimate of drug-likeness (QED) is 0.517. The number of morpholine rings is 1. The highest BCUT2D eigenvalue weighted by Crippen LogP contribution is 2.40. The van der Waals surface area contributed by atoms with Gasteiger partial charge in [-0.25, -0.2) is 18.4 Å². The van der Waals surface area contributed by atoms with E-state index in [4.69, 9.17) is 4.74 Å². The summed E-state index contributed by atoms with van der Waals surface area (Å²) in [5, 5.41) is 9.10. The second kappa shape index (κ2) is 8.39. The number of carboxylic acid groups (broad SMARTS) is 1. The summed E-state index contributed by atoms with van der Waals surface area (Å²) < 4.78 is 43.1. The Morgan fingerprint density at radius 2 is 2.03 bits per heavy atom. The van der Waals surface area contributed by atoms with Gasteiger partial charge >= 0.3 is 11.9 Å². The van der Waals surface area contributed by atoms with Crippen LogP contribution in [0.15, 0.2) is 29.3 Å². The maximum absolute atomic E-state index is 15.9. The molecule has 11 heteroatoms. The summed E-state index contributed by atoms with van der Waals surface area (Å²) >= 11 is 0. The molecule has 1 aliphatic carbocycles. The van der Waals surface area contributed by atoms with Gasteiger partial charge in [0, 0.05) is 44.1 Å². The Labute approximate surface area is 192 Å². The number of methoxy groups -OCH3 is 1. The van der Waals surface area contributed by atoms with Gasteiger partial charge in [0.1, 0.15) is 17.1 Å². The number of nitrogens with zero attached hydrogens (tertiary/aromatic N) is 3. The van der Waals surface area contributed by atoms with Crippen molar-refractivity contribution in [2.24, 2.45) is 0 Å². The molecule has 2 saturated heterocycles. The van der Waals surface area contributed by atoms with E-state index in [-0.39, 0.29) is 47.9 Å². The largest absolute Gasteiger partial charge is 0.477 e. The second-order valence-corrected chi connectivity index (χ2v) is 8.69. The highest BCUT2D eigenvalue weighted by molar-refractivity contribution is 5.94. The Bertz CT molecular complexity index is 1270. The molecule has 2 aromatic rings. The zero-order valence-corrected chi connectivity index (χ0v) is 18.4. The van der Waals surface area contributed by atoms with Crippen LogP contribution in [0.1, 0.15) is 29.2 Å². The van der Waals surface area contributed by atoms with Gasteiger partial charge in [-0.05, 0) is 18.9 Å². The Morgan fingerprint density at radius 3 is 2.71 bits per heavy atom. The molecule has 0 radical (unpaired) electrons. The lowest BCUT2D eigenvalue weighted by Crippen LogP contribution is -2.48. The molecule has 3 heterocycles. The first-order valence-corrected chi connectivity index (χ1v) is 11.0. The summed E-state index contributed by atoms with van der Waals surface area (Å²) in [4.78, 5) is 39.1. The molecular formula is C23H23F2N3O6. The van der Waals surface area contributed by atoms with Crippen molar-refractivity contribution in [3.8, 4) is 0 Å². The lowest BCUT2D eigenvalue weighted by Gasteiger charge is -2.35. The van der Waals surface area contributed by atoms with E-state index in [1.807, 2.05) is 4.90 Å². The molecule has 1 aromatic carbocycles. The summed E-state index contributed by atoms with van der Waals surface area (Å²) in [6.07, 6.45) is 5.13. The summed E-state index contributed by atoms with van der Waals surface area (Å²) in [6, 6.07) is 0.542. The van der Waals surface area contributed by atoms with E-state index >= 15 is 8.78 Å². The molecule has 2 aliphatic heterocycles. The molecule has 5 rings (SSSR count). The molecule has 0 amide bonds. The summed E-state index contributed by atoms with van der Waals surface area (Å²) in [7, 11) is 1.28. The average Bonchev–Trinajstić information content (AvgIpc) is 3.56. The highest BCUT2D eigenvalue weighted by atomic mass is 19.1. The van der Waals surface area contributed by atoms with E-state index in [1.165, 1.54) is 22.7 Å². The third-order valence-corrected chi connectivity index (χ3v) is 6.62. The summed E-state index contributed by atoms with van der Waals surface area (Å²) in [5.41, 5.74) is -1.80. The van der Waals surface area contributed by atoms with Crippen molar-refractivity contribution in [2.45, 2.75) is 31.0 Å². The van der Waals surface area contributed by atoms with Crippen molar-refractivity contribution in [2.75, 3.05) is 38.3 Å². The number of esters is 1. The first kappa shape index (κ1) is 22.3. The van der Waals surface area contributed by atoms with Crippen molar-refractivity contribution in [1.29, 1.82) is 0 Å². The number of benzene rings is 1. The first-order valence-electron chi connectivity index (χ1n) is 11.0. The van der Waals surface area contributed by atoms with Crippen LogP contribution in [0.5, 0.6) is 0 Å². The van der Waals surface area contributed by atoms with Crippen LogP contribution in [-0.2, 0) is 14.3 Å². The lowest BCUT2D eigenvalue weighted by atomic mass is 10.1. The SMILES string of the molecule is COC(=O)/C=C/N1CCO[C@@H]2CN(c3c(F)cc4c(=O)c(C(=O)O)cn(C5CC5)c4c3F)C[C@H]21. The van der Waals surface area contributed by atoms with Gasteiger partial charge in [-0.1, -0.05) is 0 Å². The second-order valence-electron chi connectivity index (χ2n) is 8.69. The van der Waals surface area contributed by atoms with E-state index in [0.717, 1.165) is 12.3 Å². The molecule has 2 atom stereocenters. The maximum atomic E-state index is 15.9. The third-order valence-electron chi connectivity index (χ3n) is 6.62. The fourth-order valence-corrected chi connectivity index (χ4v) is 4.82. The minimum Gasteiger partial charge on any atom is -0.477 e. The smallest absolute Gasteiger partial charge is 0.341 e. The van der Waals surface area contributed by atoms with Crippen LogP contribution in [0.3, 0.4) is 0 Å². The van der Waals surface area contributed by atoms with Crippen LogP contribution in [0, 0.1) is 11.6 Å². The van der Waals surface area contributed by atoms with Gasteiger partial charge in [0.05, 0.1) is 36.8 Å². The monoisotopic (exact) mass is 475 g/mol. The van der Waals surface area contributed by atoms with E-state index in [1.54, 1.807) is 6.20 Å². The molecule has 34 heavy (non-hydrogen) atoms. The molecular weight excluding hydrogens is 452 g/mol. The molecule has 1 saturated carbocycles. The van der Waals surface area contributed by atoms with Crippen LogP contribution in [0.25, 0.3) is 10.9 Å². The van der Waals surface area contributed by atoms with E-state index in [2.05, 4.69) is 4.74 Å². The third kappa shape index (κ3) is 3.69. The number of rotatable bonds is 5. The number of ether oxygens (including phenoxy) is 2. The maximum Gasteiger partial charge on any atom is 0.341 e. The van der Waals surface area contributed by atoms with Crippen LogP contribution in [-0.4, -0.2) is 72.0 Å². The number of aromatic carboxylic acids is 1. The zero-order chi connectivity index (χ0) is 24.1. The van der Waals surface area contributed by atoms with Crippen molar-refractivity contribution < 1.29 is 33.0 Å². The predicted octanol–water partition coefficient (Wildman–Crippen LogP) is 1.89. The van der Waals surface area contributed by atoms with Gasteiger partial charge in [0.2, 0.25) is 5.43 Å². The Kier molecular flexibility index (Phi) is 5.51. The number of carbonyl (C=O) groups excluding carboxylic acids is 1. The topological polar surface area (TPSA) is 101 Å². The van der Waals surface area contributed by atoms with E-state index in [9.17, 15) is 19.5 Å². The number of carboxylic acids is 1. The molecule has 1 aromatic heterocycles. The van der Waals surface area contributed by atoms with Crippen molar-refractivity contribution in [3.05, 3.63) is 52.0 Å². The standard InChI is InChI=1S/C23H23F2N3O6/c1-33-18(29)4-5-26-6-7-34-17-11-27(10-16(17)26)21-15(24)8-13-20(19(21)25)28(12-2-3-12)9-14(22(13)30)23(31)32/h4-5,8-9,12,16-17H,2-3,6-7,10-11H2,1H3,(H,31,32)/b5-4+/t16-,17-/m1/s1. The van der Waals surface area contributed by atoms with Crippen LogP contribution in [0.2, 0.25) is 0 Å². The minimum atomic E-state index is -1.44. The predicted molar refractivity (Wildman–Crippen MR) is 117 cm³/mol. The minimum absolute atomic E-state index is 0.0906. The number of carbonyl (C=O) groups is 2.